The van der Waals surface area contributed by atoms with Crippen molar-refractivity contribution in [3.63, 3.8) is 0 Å². The lowest BCUT2D eigenvalue weighted by atomic mass is 10.1. The number of carbonyl (C=O) groups is 2. The molecule has 0 aliphatic rings. The van der Waals surface area contributed by atoms with Crippen molar-refractivity contribution in [3.8, 4) is 22.8 Å². The van der Waals surface area contributed by atoms with Crippen LogP contribution in [-0.4, -0.2) is 36.6 Å². The van der Waals surface area contributed by atoms with E-state index in [1.807, 2.05) is 41.8 Å². The summed E-state index contributed by atoms with van der Waals surface area (Å²) in [5, 5.41) is 2.57. The van der Waals surface area contributed by atoms with E-state index < -0.39 is 11.8 Å². The highest BCUT2D eigenvalue weighted by molar-refractivity contribution is 7.14. The zero-order chi connectivity index (χ0) is 25.8. The number of carbonyl (C=O) groups excluding carboxylic acids is 2. The number of ether oxygens (including phenoxy) is 2. The predicted octanol–water partition coefficient (Wildman–Crippen LogP) is 5.04. The number of thiazole rings is 1. The lowest BCUT2D eigenvalue weighted by Gasteiger charge is -2.20. The van der Waals surface area contributed by atoms with Crippen molar-refractivity contribution in [2.75, 3.05) is 24.7 Å². The van der Waals surface area contributed by atoms with Crippen molar-refractivity contribution in [2.24, 2.45) is 11.5 Å². The minimum Gasteiger partial charge on any atom is -0.494 e. The van der Waals surface area contributed by atoms with Crippen molar-refractivity contribution >= 4 is 34.0 Å². The maximum atomic E-state index is 11.8. The van der Waals surface area contributed by atoms with Gasteiger partial charge in [-0.1, -0.05) is 39.0 Å². The number of nitrogens with zero attached hydrogens (tertiary/aromatic N) is 2. The Morgan fingerprint density at radius 2 is 1.50 bits per heavy atom. The highest BCUT2D eigenvalue weighted by atomic mass is 32.1. The van der Waals surface area contributed by atoms with Gasteiger partial charge in [0.1, 0.15) is 18.0 Å². The molecule has 0 radical (unpaired) electrons. The quantitative estimate of drug-likeness (QED) is 0.261. The highest BCUT2D eigenvalue weighted by Crippen LogP contribution is 2.33. The molecular formula is C27H34N4O4S. The Morgan fingerprint density at radius 3 is 2.17 bits per heavy atom. The molecule has 3 aromatic rings. The van der Waals surface area contributed by atoms with Gasteiger partial charge in [0.15, 0.2) is 11.7 Å². The summed E-state index contributed by atoms with van der Waals surface area (Å²) >= 11 is 1.42. The Balaban J connectivity index is 1.63. The highest BCUT2D eigenvalue weighted by Gasteiger charge is 2.17. The second kappa shape index (κ2) is 14.1. The van der Waals surface area contributed by atoms with Gasteiger partial charge < -0.3 is 25.8 Å². The number of nitrogens with two attached hydrogens (primary N) is 2. The van der Waals surface area contributed by atoms with E-state index in [0.717, 1.165) is 29.1 Å². The molecule has 0 atom stereocenters. The summed E-state index contributed by atoms with van der Waals surface area (Å²) in [7, 11) is 0. The number of hydrogen-bond donors (Lipinski definition) is 2. The van der Waals surface area contributed by atoms with Crippen molar-refractivity contribution in [3.05, 3.63) is 53.9 Å². The lowest BCUT2D eigenvalue weighted by Crippen LogP contribution is -2.30. The summed E-state index contributed by atoms with van der Waals surface area (Å²) in [6.45, 7) is 2.74. The van der Waals surface area contributed by atoms with Crippen LogP contribution in [0.4, 0.5) is 10.8 Å². The van der Waals surface area contributed by atoms with Crippen molar-refractivity contribution in [1.29, 1.82) is 0 Å². The molecule has 36 heavy (non-hydrogen) atoms. The molecule has 9 heteroatoms. The largest absolute Gasteiger partial charge is 0.494 e. The zero-order valence-electron chi connectivity index (χ0n) is 20.7. The Kier molecular flexibility index (Phi) is 10.6. The summed E-state index contributed by atoms with van der Waals surface area (Å²) in [5.41, 5.74) is 13.1. The van der Waals surface area contributed by atoms with Crippen molar-refractivity contribution < 1.29 is 19.1 Å². The minimum absolute atomic E-state index is 0.00477. The van der Waals surface area contributed by atoms with Crippen LogP contribution < -0.4 is 25.8 Å². The number of unbranched alkanes of at least 4 members (excludes halogenated alkanes) is 5. The Bertz CT molecular complexity index is 1100. The summed E-state index contributed by atoms with van der Waals surface area (Å²) in [5.74, 6) is 0.355. The number of amides is 2. The van der Waals surface area contributed by atoms with Crippen LogP contribution in [0.5, 0.6) is 11.5 Å². The molecule has 1 aromatic heterocycles. The SMILES string of the molecule is CCCCCCCCOc1ccc(N(CC(N)=O)c2nc(-c3ccc(OCC(N)=O)cc3)cs2)cc1. The van der Waals surface area contributed by atoms with Crippen LogP contribution in [0, 0.1) is 0 Å². The average molecular weight is 511 g/mol. The topological polar surface area (TPSA) is 121 Å². The maximum Gasteiger partial charge on any atom is 0.255 e. The molecule has 0 fully saturated rings. The first-order valence-corrected chi connectivity index (χ1v) is 13.1. The Morgan fingerprint density at radius 1 is 0.861 bits per heavy atom. The van der Waals surface area contributed by atoms with E-state index in [2.05, 4.69) is 6.92 Å². The van der Waals surface area contributed by atoms with Gasteiger partial charge in [-0.2, -0.15) is 0 Å². The van der Waals surface area contributed by atoms with Gasteiger partial charge in [0.05, 0.1) is 12.3 Å². The van der Waals surface area contributed by atoms with Gasteiger partial charge in [0, 0.05) is 16.6 Å². The fourth-order valence-electron chi connectivity index (χ4n) is 3.62. The molecule has 4 N–H and O–H groups in total. The molecule has 0 saturated carbocycles. The van der Waals surface area contributed by atoms with E-state index in [-0.39, 0.29) is 13.2 Å². The molecule has 192 valence electrons. The van der Waals surface area contributed by atoms with E-state index in [4.69, 9.17) is 25.9 Å². The molecular weight excluding hydrogens is 476 g/mol. The van der Waals surface area contributed by atoms with Crippen LogP contribution >= 0.6 is 11.3 Å². The van der Waals surface area contributed by atoms with Gasteiger partial charge in [-0.25, -0.2) is 4.98 Å². The van der Waals surface area contributed by atoms with E-state index in [9.17, 15) is 9.59 Å². The molecule has 2 amide bonds. The number of aromatic nitrogens is 1. The number of hydrogen-bond acceptors (Lipinski definition) is 7. The third-order valence-corrected chi connectivity index (χ3v) is 6.35. The second-order valence-corrected chi connectivity index (χ2v) is 9.29. The lowest BCUT2D eigenvalue weighted by molar-refractivity contribution is -0.120. The monoisotopic (exact) mass is 510 g/mol. The molecule has 8 nitrogen and oxygen atoms in total. The van der Waals surface area contributed by atoms with E-state index in [1.165, 1.54) is 43.4 Å². The van der Waals surface area contributed by atoms with E-state index >= 15 is 0 Å². The van der Waals surface area contributed by atoms with Crippen LogP contribution in [0.3, 0.4) is 0 Å². The third kappa shape index (κ3) is 8.57. The van der Waals surface area contributed by atoms with Crippen molar-refractivity contribution in [1.82, 2.24) is 4.98 Å². The first-order valence-electron chi connectivity index (χ1n) is 12.2. The van der Waals surface area contributed by atoms with Gasteiger partial charge in [0.2, 0.25) is 5.91 Å². The Hall–Kier alpha value is -3.59. The van der Waals surface area contributed by atoms with Crippen LogP contribution in [-0.2, 0) is 9.59 Å². The van der Waals surface area contributed by atoms with Gasteiger partial charge in [-0.05, 0) is 55.0 Å². The van der Waals surface area contributed by atoms with Gasteiger partial charge in [-0.3, -0.25) is 9.59 Å². The van der Waals surface area contributed by atoms with E-state index in [1.54, 1.807) is 17.0 Å². The smallest absolute Gasteiger partial charge is 0.255 e. The molecule has 0 bridgehead atoms. The van der Waals surface area contributed by atoms with Crippen LogP contribution in [0.25, 0.3) is 11.3 Å². The number of primary amides is 2. The first kappa shape index (κ1) is 27.0. The molecule has 2 aromatic carbocycles. The fraction of sp³-hybridized carbons (Fsp3) is 0.370. The summed E-state index contributed by atoms with van der Waals surface area (Å²) < 4.78 is 11.2. The average Bonchev–Trinajstić information content (AvgIpc) is 3.36. The predicted molar refractivity (Wildman–Crippen MR) is 144 cm³/mol. The minimum atomic E-state index is -0.532. The molecule has 1 heterocycles. The standard InChI is InChI=1S/C27H34N4O4S/c1-2-3-4-5-6-7-16-34-22-14-10-21(11-15-22)31(17-25(28)32)27-30-24(19-36-27)20-8-12-23(13-9-20)35-18-26(29)33/h8-15,19H,2-7,16-18H2,1H3,(H2,28,32)(H2,29,33). The summed E-state index contributed by atoms with van der Waals surface area (Å²) in [6, 6.07) is 14.8. The van der Waals surface area contributed by atoms with Gasteiger partial charge >= 0.3 is 0 Å². The molecule has 0 aliphatic carbocycles. The molecule has 0 aliphatic heterocycles. The van der Waals surface area contributed by atoms with Gasteiger partial charge in [0.25, 0.3) is 5.91 Å². The number of anilines is 2. The maximum absolute atomic E-state index is 11.8. The normalized spacial score (nSPS) is 10.7. The van der Waals surface area contributed by atoms with Gasteiger partial charge in [-0.15, -0.1) is 11.3 Å². The van der Waals surface area contributed by atoms with Crippen molar-refractivity contribution in [2.45, 2.75) is 45.4 Å². The first-order chi connectivity index (χ1) is 17.5. The molecule has 0 saturated heterocycles. The molecule has 0 spiro atoms. The number of rotatable bonds is 16. The third-order valence-electron chi connectivity index (χ3n) is 5.48. The van der Waals surface area contributed by atoms with Crippen LogP contribution in [0.15, 0.2) is 53.9 Å². The fourth-order valence-corrected chi connectivity index (χ4v) is 4.47. The number of benzene rings is 2. The molecule has 0 unspecified atom stereocenters. The van der Waals surface area contributed by atoms with Crippen LogP contribution in [0.1, 0.15) is 45.4 Å². The zero-order valence-corrected chi connectivity index (χ0v) is 21.5. The van der Waals surface area contributed by atoms with E-state index in [0.29, 0.717) is 17.5 Å². The summed E-state index contributed by atoms with van der Waals surface area (Å²) in [4.78, 5) is 29.2. The Labute approximate surface area is 216 Å². The second-order valence-electron chi connectivity index (χ2n) is 8.46. The summed E-state index contributed by atoms with van der Waals surface area (Å²) in [6.07, 6.45) is 7.31. The van der Waals surface area contributed by atoms with Crippen LogP contribution in [0.2, 0.25) is 0 Å². The molecule has 3 rings (SSSR count).